The lowest BCUT2D eigenvalue weighted by Crippen LogP contribution is -2.26. The van der Waals surface area contributed by atoms with Crippen molar-refractivity contribution in [1.29, 1.82) is 0 Å². The van der Waals surface area contributed by atoms with Crippen LogP contribution in [0, 0.1) is 6.92 Å². The molecular weight excluding hydrogens is 222 g/mol. The maximum absolute atomic E-state index is 11.4. The van der Waals surface area contributed by atoms with Crippen LogP contribution in [0.1, 0.15) is 25.0 Å². The number of rotatable bonds is 2. The second-order valence-corrected chi connectivity index (χ2v) is 4.02. The molecule has 0 aliphatic carbocycles. The molecule has 0 aromatic heterocycles. The maximum atomic E-state index is 11.4. The second-order valence-electron chi connectivity index (χ2n) is 4.02. The van der Waals surface area contributed by atoms with E-state index in [0.29, 0.717) is 13.1 Å². The molecule has 1 aromatic carbocycles. The average Bonchev–Trinajstić information content (AvgIpc) is 2.90. The van der Waals surface area contributed by atoms with Gasteiger partial charge >= 0.3 is 0 Å². The summed E-state index contributed by atoms with van der Waals surface area (Å²) in [6.07, 6.45) is 3.47. The van der Waals surface area contributed by atoms with Crippen LogP contribution < -0.4 is 0 Å². The lowest BCUT2D eigenvalue weighted by molar-refractivity contribution is -0.124. The number of hydrogen-bond donors (Lipinski definition) is 0. The molecule has 0 bridgehead atoms. The Morgan fingerprint density at radius 3 is 2.44 bits per heavy atom. The van der Waals surface area contributed by atoms with Gasteiger partial charge in [0.1, 0.15) is 0 Å². The number of carbonyl (C=O) groups is 1. The number of benzene rings is 1. The van der Waals surface area contributed by atoms with Crippen molar-refractivity contribution in [3.8, 4) is 0 Å². The van der Waals surface area contributed by atoms with E-state index >= 15 is 0 Å². The van der Waals surface area contributed by atoms with E-state index in [1.54, 1.807) is 4.90 Å². The standard InChI is InChI=1S/C14H15NO.C2H6/c1-3-14(16)15-9-8-13(10-15)12-6-4-11(2)5-7-12;1-2/h3-8H,1,9-10H2,2H3;1-2H3. The van der Waals surface area contributed by atoms with Crippen molar-refractivity contribution in [3.63, 3.8) is 0 Å². The monoisotopic (exact) mass is 243 g/mol. The van der Waals surface area contributed by atoms with Crippen molar-refractivity contribution < 1.29 is 4.79 Å². The summed E-state index contributed by atoms with van der Waals surface area (Å²) in [5.74, 6) is -0.00152. The zero-order valence-electron chi connectivity index (χ0n) is 11.4. The maximum Gasteiger partial charge on any atom is 0.246 e. The predicted octanol–water partition coefficient (Wildman–Crippen LogP) is 3.43. The van der Waals surface area contributed by atoms with Gasteiger partial charge in [0.2, 0.25) is 5.91 Å². The van der Waals surface area contributed by atoms with Crippen molar-refractivity contribution in [3.05, 3.63) is 54.1 Å². The van der Waals surface area contributed by atoms with E-state index in [1.165, 1.54) is 22.8 Å². The molecule has 2 nitrogen and oxygen atoms in total. The summed E-state index contributed by atoms with van der Waals surface area (Å²) >= 11 is 0. The molecule has 0 atom stereocenters. The normalized spacial score (nSPS) is 13.5. The van der Waals surface area contributed by atoms with Crippen LogP contribution in [0.5, 0.6) is 0 Å². The molecule has 0 fully saturated rings. The summed E-state index contributed by atoms with van der Waals surface area (Å²) < 4.78 is 0. The van der Waals surface area contributed by atoms with Gasteiger partial charge in [0.15, 0.2) is 0 Å². The molecule has 0 N–H and O–H groups in total. The zero-order chi connectivity index (χ0) is 13.5. The van der Waals surface area contributed by atoms with Gasteiger partial charge in [-0.2, -0.15) is 0 Å². The Morgan fingerprint density at radius 2 is 1.89 bits per heavy atom. The van der Waals surface area contributed by atoms with Crippen molar-refractivity contribution in [1.82, 2.24) is 4.90 Å². The molecule has 0 spiro atoms. The third kappa shape index (κ3) is 3.33. The van der Waals surface area contributed by atoms with Crippen LogP contribution in [0.25, 0.3) is 5.57 Å². The first-order valence-corrected chi connectivity index (χ1v) is 6.38. The van der Waals surface area contributed by atoms with Gasteiger partial charge in [-0.3, -0.25) is 4.79 Å². The molecule has 1 aliphatic rings. The Kier molecular flexibility index (Phi) is 5.37. The Hall–Kier alpha value is -1.83. The predicted molar refractivity (Wildman–Crippen MR) is 77.3 cm³/mol. The lowest BCUT2D eigenvalue weighted by atomic mass is 10.1. The van der Waals surface area contributed by atoms with E-state index < -0.39 is 0 Å². The van der Waals surface area contributed by atoms with Crippen molar-refractivity contribution in [2.45, 2.75) is 20.8 Å². The summed E-state index contributed by atoms with van der Waals surface area (Å²) in [6, 6.07) is 8.38. The highest BCUT2D eigenvalue weighted by Crippen LogP contribution is 2.21. The quantitative estimate of drug-likeness (QED) is 0.729. The smallest absolute Gasteiger partial charge is 0.246 e. The van der Waals surface area contributed by atoms with Crippen LogP contribution in [0.15, 0.2) is 43.0 Å². The lowest BCUT2D eigenvalue weighted by Gasteiger charge is -2.13. The Labute approximate surface area is 110 Å². The second kappa shape index (κ2) is 6.80. The van der Waals surface area contributed by atoms with Crippen LogP contribution in [0.3, 0.4) is 0 Å². The molecule has 1 amide bonds. The van der Waals surface area contributed by atoms with Crippen molar-refractivity contribution in [2.75, 3.05) is 13.1 Å². The summed E-state index contributed by atoms with van der Waals surface area (Å²) in [7, 11) is 0. The fourth-order valence-electron chi connectivity index (χ4n) is 1.83. The third-order valence-electron chi connectivity index (χ3n) is 2.83. The van der Waals surface area contributed by atoms with Gasteiger partial charge in [-0.05, 0) is 24.1 Å². The van der Waals surface area contributed by atoms with Gasteiger partial charge in [-0.1, -0.05) is 56.3 Å². The molecule has 1 heterocycles. The number of amides is 1. The molecule has 2 rings (SSSR count). The minimum absolute atomic E-state index is 0.00152. The SMILES string of the molecule is C=CC(=O)N1CC=C(c2ccc(C)cc2)C1.CC. The minimum Gasteiger partial charge on any atom is -0.331 e. The minimum atomic E-state index is -0.00152. The van der Waals surface area contributed by atoms with Gasteiger partial charge in [-0.25, -0.2) is 0 Å². The highest BCUT2D eigenvalue weighted by atomic mass is 16.2. The Balaban J connectivity index is 0.000000771. The highest BCUT2D eigenvalue weighted by Gasteiger charge is 2.17. The van der Waals surface area contributed by atoms with Crippen LogP contribution in [-0.4, -0.2) is 23.9 Å². The van der Waals surface area contributed by atoms with Gasteiger partial charge < -0.3 is 4.90 Å². The molecule has 96 valence electrons. The summed E-state index contributed by atoms with van der Waals surface area (Å²) in [6.45, 7) is 10.9. The average molecular weight is 243 g/mol. The number of nitrogens with zero attached hydrogens (tertiary/aromatic N) is 1. The van der Waals surface area contributed by atoms with E-state index in [2.05, 4.69) is 43.8 Å². The van der Waals surface area contributed by atoms with E-state index in [4.69, 9.17) is 0 Å². The van der Waals surface area contributed by atoms with Gasteiger partial charge in [0.25, 0.3) is 0 Å². The molecule has 1 aromatic rings. The fourth-order valence-corrected chi connectivity index (χ4v) is 1.83. The van der Waals surface area contributed by atoms with Crippen LogP contribution >= 0.6 is 0 Å². The van der Waals surface area contributed by atoms with Gasteiger partial charge in [0.05, 0.1) is 0 Å². The zero-order valence-corrected chi connectivity index (χ0v) is 11.4. The van der Waals surface area contributed by atoms with Crippen LogP contribution in [0.4, 0.5) is 0 Å². The Bertz CT molecular complexity index is 443. The molecular formula is C16H21NO. The largest absolute Gasteiger partial charge is 0.331 e. The Morgan fingerprint density at radius 1 is 1.28 bits per heavy atom. The molecule has 2 heteroatoms. The third-order valence-corrected chi connectivity index (χ3v) is 2.83. The van der Waals surface area contributed by atoms with Crippen molar-refractivity contribution >= 4 is 11.5 Å². The summed E-state index contributed by atoms with van der Waals surface area (Å²) in [5, 5.41) is 0. The molecule has 18 heavy (non-hydrogen) atoms. The van der Waals surface area contributed by atoms with Gasteiger partial charge in [0, 0.05) is 13.1 Å². The summed E-state index contributed by atoms with van der Waals surface area (Å²) in [4.78, 5) is 13.2. The number of carbonyl (C=O) groups excluding carboxylic acids is 1. The molecule has 0 saturated heterocycles. The van der Waals surface area contributed by atoms with E-state index in [0.717, 1.165) is 0 Å². The van der Waals surface area contributed by atoms with Gasteiger partial charge in [-0.15, -0.1) is 0 Å². The van der Waals surface area contributed by atoms with Crippen LogP contribution in [0.2, 0.25) is 0 Å². The first kappa shape index (κ1) is 14.2. The van der Waals surface area contributed by atoms with E-state index in [9.17, 15) is 4.79 Å². The van der Waals surface area contributed by atoms with E-state index in [1.807, 2.05) is 13.8 Å². The topological polar surface area (TPSA) is 20.3 Å². The molecule has 1 aliphatic heterocycles. The van der Waals surface area contributed by atoms with Crippen LogP contribution in [-0.2, 0) is 4.79 Å². The summed E-state index contributed by atoms with van der Waals surface area (Å²) in [5.41, 5.74) is 3.67. The first-order valence-electron chi connectivity index (χ1n) is 6.38. The molecule has 0 unspecified atom stereocenters. The number of hydrogen-bond acceptors (Lipinski definition) is 1. The molecule has 0 saturated carbocycles. The molecule has 0 radical (unpaired) electrons. The first-order chi connectivity index (χ1) is 8.70. The number of aryl methyl sites for hydroxylation is 1. The van der Waals surface area contributed by atoms with E-state index in [-0.39, 0.29) is 5.91 Å². The highest BCUT2D eigenvalue weighted by molar-refractivity contribution is 5.89. The fraction of sp³-hybridized carbons (Fsp3) is 0.312. The van der Waals surface area contributed by atoms with Crippen molar-refractivity contribution in [2.24, 2.45) is 0 Å².